The minimum atomic E-state index is -0.341. The lowest BCUT2D eigenvalue weighted by molar-refractivity contribution is -0.142. The van der Waals surface area contributed by atoms with Gasteiger partial charge in [0, 0.05) is 11.1 Å². The van der Waals surface area contributed by atoms with Gasteiger partial charge in [0.05, 0.1) is 11.8 Å². The molecule has 0 spiro atoms. The summed E-state index contributed by atoms with van der Waals surface area (Å²) < 4.78 is 0. The van der Waals surface area contributed by atoms with Crippen LogP contribution in [0, 0.1) is 23.7 Å². The highest BCUT2D eigenvalue weighted by molar-refractivity contribution is 6.10. The number of imide groups is 1. The maximum Gasteiger partial charge on any atom is 0.244 e. The molecule has 5 nitrogen and oxygen atoms in total. The molecule has 0 radical (unpaired) electrons. The number of benzene rings is 2. The zero-order chi connectivity index (χ0) is 18.5. The summed E-state index contributed by atoms with van der Waals surface area (Å²) in [6, 6.07) is 13.5. The predicted molar refractivity (Wildman–Crippen MR) is 102 cm³/mol. The lowest BCUT2D eigenvalue weighted by Gasteiger charge is -2.38. The normalized spacial score (nSPS) is 28.7. The van der Waals surface area contributed by atoms with Gasteiger partial charge in [-0.3, -0.25) is 19.3 Å². The fourth-order valence-electron chi connectivity index (χ4n) is 4.96. The molecule has 1 saturated heterocycles. The molecule has 1 N–H and O–H groups in total. The minimum Gasteiger partial charge on any atom is -0.324 e. The van der Waals surface area contributed by atoms with Crippen molar-refractivity contribution in [1.82, 2.24) is 4.90 Å². The van der Waals surface area contributed by atoms with E-state index in [1.165, 1.54) is 4.90 Å². The van der Waals surface area contributed by atoms with Crippen LogP contribution in [-0.4, -0.2) is 29.2 Å². The lowest BCUT2D eigenvalue weighted by atomic mass is 9.63. The summed E-state index contributed by atoms with van der Waals surface area (Å²) >= 11 is 0. The molecule has 5 heteroatoms. The van der Waals surface area contributed by atoms with Gasteiger partial charge in [0.1, 0.15) is 6.54 Å². The Morgan fingerprint density at radius 1 is 0.926 bits per heavy atom. The van der Waals surface area contributed by atoms with Crippen molar-refractivity contribution >= 4 is 34.2 Å². The molecule has 4 unspecified atom stereocenters. The number of fused-ring (bicyclic) bond motifs is 2. The van der Waals surface area contributed by atoms with Crippen LogP contribution in [0.5, 0.6) is 0 Å². The first-order valence-corrected chi connectivity index (χ1v) is 9.44. The van der Waals surface area contributed by atoms with Crippen LogP contribution in [0.25, 0.3) is 10.8 Å². The van der Waals surface area contributed by atoms with Crippen LogP contribution in [0.3, 0.4) is 0 Å². The maximum absolute atomic E-state index is 12.8. The fourth-order valence-corrected chi connectivity index (χ4v) is 4.96. The maximum atomic E-state index is 12.8. The van der Waals surface area contributed by atoms with Crippen molar-refractivity contribution in [1.29, 1.82) is 0 Å². The number of nitrogens with one attached hydrogen (secondary N) is 1. The average molecular weight is 360 g/mol. The summed E-state index contributed by atoms with van der Waals surface area (Å²) in [6.45, 7) is -0.215. The molecule has 136 valence electrons. The van der Waals surface area contributed by atoms with Crippen LogP contribution in [0.15, 0.2) is 54.6 Å². The monoisotopic (exact) mass is 360 g/mol. The lowest BCUT2D eigenvalue weighted by Crippen LogP contribution is -2.38. The largest absolute Gasteiger partial charge is 0.324 e. The Bertz CT molecular complexity index is 959. The number of amides is 3. The minimum absolute atomic E-state index is 0.141. The number of likely N-dealkylation sites (tertiary alicyclic amines) is 1. The van der Waals surface area contributed by atoms with Crippen LogP contribution in [-0.2, 0) is 14.4 Å². The van der Waals surface area contributed by atoms with E-state index < -0.39 is 0 Å². The summed E-state index contributed by atoms with van der Waals surface area (Å²) in [5, 5.41) is 4.83. The van der Waals surface area contributed by atoms with E-state index in [1.807, 2.05) is 42.5 Å². The third-order valence-corrected chi connectivity index (χ3v) is 6.22. The van der Waals surface area contributed by atoms with Gasteiger partial charge in [-0.1, -0.05) is 48.6 Å². The number of carbonyl (C=O) groups is 3. The third-order valence-electron chi connectivity index (χ3n) is 6.22. The van der Waals surface area contributed by atoms with E-state index >= 15 is 0 Å². The molecule has 2 bridgehead atoms. The van der Waals surface area contributed by atoms with Gasteiger partial charge in [0.2, 0.25) is 17.7 Å². The molecule has 1 saturated carbocycles. The summed E-state index contributed by atoms with van der Waals surface area (Å²) in [7, 11) is 0. The van der Waals surface area contributed by atoms with Crippen LogP contribution >= 0.6 is 0 Å². The molecule has 27 heavy (non-hydrogen) atoms. The first kappa shape index (κ1) is 16.2. The van der Waals surface area contributed by atoms with Crippen LogP contribution in [0.1, 0.15) is 12.8 Å². The molecule has 3 aliphatic carbocycles. The topological polar surface area (TPSA) is 66.5 Å². The number of anilines is 1. The second-order valence-electron chi connectivity index (χ2n) is 7.68. The third kappa shape index (κ3) is 2.49. The van der Waals surface area contributed by atoms with E-state index in [0.29, 0.717) is 5.69 Å². The summed E-state index contributed by atoms with van der Waals surface area (Å²) in [5.41, 5.74) is 0.691. The first-order valence-electron chi connectivity index (χ1n) is 9.44. The van der Waals surface area contributed by atoms with Crippen LogP contribution < -0.4 is 5.32 Å². The van der Waals surface area contributed by atoms with E-state index in [9.17, 15) is 14.4 Å². The molecule has 1 aliphatic heterocycles. The van der Waals surface area contributed by atoms with Gasteiger partial charge in [0.25, 0.3) is 0 Å². The molecule has 2 aromatic carbocycles. The van der Waals surface area contributed by atoms with Gasteiger partial charge >= 0.3 is 0 Å². The Kier molecular flexibility index (Phi) is 3.64. The highest BCUT2D eigenvalue weighted by atomic mass is 16.2. The molecule has 0 aromatic heterocycles. The number of carbonyl (C=O) groups excluding carboxylic acids is 3. The second kappa shape index (κ2) is 6.05. The number of nitrogens with zero attached hydrogens (tertiary/aromatic N) is 1. The van der Waals surface area contributed by atoms with Crippen molar-refractivity contribution in [3.63, 3.8) is 0 Å². The van der Waals surface area contributed by atoms with Gasteiger partial charge in [-0.2, -0.15) is 0 Å². The number of hydrogen-bond donors (Lipinski definition) is 1. The Hall–Kier alpha value is -2.95. The van der Waals surface area contributed by atoms with Crippen molar-refractivity contribution in [2.45, 2.75) is 12.8 Å². The molecule has 4 aliphatic rings. The summed E-state index contributed by atoms with van der Waals surface area (Å²) in [4.78, 5) is 39.5. The molecule has 2 fully saturated rings. The molecule has 3 amide bonds. The number of rotatable bonds is 3. The predicted octanol–water partition coefficient (Wildman–Crippen LogP) is 2.98. The first-order chi connectivity index (χ1) is 13.1. The van der Waals surface area contributed by atoms with Gasteiger partial charge in [-0.15, -0.1) is 0 Å². The summed E-state index contributed by atoms with van der Waals surface area (Å²) in [6.07, 6.45) is 6.08. The SMILES string of the molecule is O=C(CN1C(=O)C2C3C=CC(CC3)C2C1=O)Nc1cccc2ccccc12. The van der Waals surface area contributed by atoms with E-state index in [2.05, 4.69) is 17.5 Å². The van der Waals surface area contributed by atoms with E-state index in [4.69, 9.17) is 0 Å². The second-order valence-corrected chi connectivity index (χ2v) is 7.68. The summed E-state index contributed by atoms with van der Waals surface area (Å²) in [5.74, 6) is -0.968. The highest BCUT2D eigenvalue weighted by Crippen LogP contribution is 2.49. The van der Waals surface area contributed by atoms with Crippen molar-refractivity contribution in [2.24, 2.45) is 23.7 Å². The Morgan fingerprint density at radius 2 is 1.56 bits per heavy atom. The zero-order valence-corrected chi connectivity index (χ0v) is 14.8. The Balaban J connectivity index is 1.36. The quantitative estimate of drug-likeness (QED) is 0.676. The number of allylic oxidation sites excluding steroid dienone is 2. The van der Waals surface area contributed by atoms with E-state index in [1.54, 1.807) is 0 Å². The van der Waals surface area contributed by atoms with Crippen molar-refractivity contribution in [2.75, 3.05) is 11.9 Å². The molecule has 1 heterocycles. The standard InChI is InChI=1S/C22H20N2O3/c25-18(23-17-7-3-5-13-4-1-2-6-16(13)17)12-24-21(26)19-14-8-9-15(11-10-14)20(19)22(24)27/h1-9,14-15,19-20H,10-12H2,(H,23,25). The van der Waals surface area contributed by atoms with E-state index in [-0.39, 0.29) is 47.9 Å². The Morgan fingerprint density at radius 3 is 2.22 bits per heavy atom. The van der Waals surface area contributed by atoms with Crippen LogP contribution in [0.2, 0.25) is 0 Å². The molecular weight excluding hydrogens is 340 g/mol. The van der Waals surface area contributed by atoms with Gasteiger partial charge < -0.3 is 5.32 Å². The Labute approximate surface area is 157 Å². The van der Waals surface area contributed by atoms with Gasteiger partial charge in [-0.25, -0.2) is 0 Å². The van der Waals surface area contributed by atoms with Crippen LogP contribution in [0.4, 0.5) is 5.69 Å². The molecule has 2 aromatic rings. The van der Waals surface area contributed by atoms with Crippen molar-refractivity contribution in [3.8, 4) is 0 Å². The average Bonchev–Trinajstić information content (AvgIpc) is 2.96. The molecular formula is C22H20N2O3. The highest BCUT2D eigenvalue weighted by Gasteiger charge is 2.56. The molecule has 4 atom stereocenters. The zero-order valence-electron chi connectivity index (χ0n) is 14.8. The van der Waals surface area contributed by atoms with Gasteiger partial charge in [0.15, 0.2) is 0 Å². The van der Waals surface area contributed by atoms with Crippen molar-refractivity contribution in [3.05, 3.63) is 54.6 Å². The number of hydrogen-bond acceptors (Lipinski definition) is 3. The van der Waals surface area contributed by atoms with Gasteiger partial charge in [-0.05, 0) is 36.1 Å². The fraction of sp³-hybridized carbons (Fsp3) is 0.318. The smallest absolute Gasteiger partial charge is 0.244 e. The van der Waals surface area contributed by atoms with Crippen molar-refractivity contribution < 1.29 is 14.4 Å². The molecule has 6 rings (SSSR count). The van der Waals surface area contributed by atoms with E-state index in [0.717, 1.165) is 23.6 Å².